The van der Waals surface area contributed by atoms with Crippen LogP contribution in [0.4, 0.5) is 11.6 Å². The molecule has 2 aliphatic rings. The van der Waals surface area contributed by atoms with E-state index >= 15 is 0 Å². The highest BCUT2D eigenvalue weighted by Gasteiger charge is 2.21. The predicted molar refractivity (Wildman–Crippen MR) is 119 cm³/mol. The first-order valence-corrected chi connectivity index (χ1v) is 11.5. The zero-order valence-electron chi connectivity index (χ0n) is 16.2. The molecule has 0 aromatic carbocycles. The van der Waals surface area contributed by atoms with Gasteiger partial charge in [-0.05, 0) is 12.1 Å². The van der Waals surface area contributed by atoms with E-state index < -0.39 is 0 Å². The molecule has 152 valence electrons. The third-order valence-electron chi connectivity index (χ3n) is 5.52. The number of imidazole rings is 1. The monoisotopic (exact) mass is 429 g/mol. The summed E-state index contributed by atoms with van der Waals surface area (Å²) in [5, 5.41) is 0.725. The lowest BCUT2D eigenvalue weighted by atomic mass is 10.3. The SMILES string of the molecule is Clc1ccc2nc(CN3CCN(c4cc(N5CCSCC5)ncn4)CC3)cn2c1. The second-order valence-corrected chi connectivity index (χ2v) is 9.10. The smallest absolute Gasteiger partial charge is 0.137 e. The molecule has 0 spiro atoms. The van der Waals surface area contributed by atoms with Crippen molar-refractivity contribution in [2.45, 2.75) is 6.54 Å². The topological polar surface area (TPSA) is 52.8 Å². The fraction of sp³-hybridized carbons (Fsp3) is 0.450. The van der Waals surface area contributed by atoms with Crippen molar-refractivity contribution in [2.75, 3.05) is 60.6 Å². The number of aromatic nitrogens is 4. The number of fused-ring (bicyclic) bond motifs is 1. The van der Waals surface area contributed by atoms with Gasteiger partial charge < -0.3 is 14.2 Å². The van der Waals surface area contributed by atoms with Gasteiger partial charge in [-0.15, -0.1) is 0 Å². The summed E-state index contributed by atoms with van der Waals surface area (Å²) < 4.78 is 2.00. The summed E-state index contributed by atoms with van der Waals surface area (Å²) in [6.45, 7) is 6.91. The van der Waals surface area contributed by atoms with E-state index in [1.165, 1.54) is 11.5 Å². The van der Waals surface area contributed by atoms with Gasteiger partial charge in [0.05, 0.1) is 10.7 Å². The van der Waals surface area contributed by atoms with Crippen molar-refractivity contribution < 1.29 is 0 Å². The summed E-state index contributed by atoms with van der Waals surface area (Å²) in [6.07, 6.45) is 5.68. The van der Waals surface area contributed by atoms with Crippen LogP contribution in [-0.4, -0.2) is 75.0 Å². The first kappa shape index (κ1) is 19.0. The maximum absolute atomic E-state index is 6.08. The maximum atomic E-state index is 6.08. The van der Waals surface area contributed by atoms with E-state index in [0.29, 0.717) is 0 Å². The second kappa shape index (κ2) is 8.38. The molecule has 0 N–H and O–H groups in total. The summed E-state index contributed by atoms with van der Waals surface area (Å²) >= 11 is 8.09. The second-order valence-electron chi connectivity index (χ2n) is 7.44. The summed E-state index contributed by atoms with van der Waals surface area (Å²) in [5.74, 6) is 4.44. The van der Waals surface area contributed by atoms with Crippen molar-refractivity contribution in [3.63, 3.8) is 0 Å². The fourth-order valence-electron chi connectivity index (χ4n) is 3.93. The minimum Gasteiger partial charge on any atom is -0.355 e. The molecule has 2 saturated heterocycles. The number of anilines is 2. The maximum Gasteiger partial charge on any atom is 0.137 e. The molecule has 0 saturated carbocycles. The molecule has 9 heteroatoms. The van der Waals surface area contributed by atoms with E-state index in [2.05, 4.69) is 36.9 Å². The number of thioether (sulfide) groups is 1. The van der Waals surface area contributed by atoms with Gasteiger partial charge in [-0.2, -0.15) is 11.8 Å². The van der Waals surface area contributed by atoms with E-state index in [1.807, 2.05) is 34.5 Å². The van der Waals surface area contributed by atoms with Gasteiger partial charge in [-0.25, -0.2) is 15.0 Å². The molecular weight excluding hydrogens is 406 g/mol. The van der Waals surface area contributed by atoms with E-state index in [-0.39, 0.29) is 0 Å². The highest BCUT2D eigenvalue weighted by molar-refractivity contribution is 7.99. The molecule has 2 fully saturated rings. The van der Waals surface area contributed by atoms with Crippen LogP contribution in [0.15, 0.2) is 36.9 Å². The molecular formula is C20H24ClN7S. The quantitative estimate of drug-likeness (QED) is 0.631. The van der Waals surface area contributed by atoms with Crippen molar-refractivity contribution in [1.29, 1.82) is 0 Å². The Morgan fingerprint density at radius 1 is 0.897 bits per heavy atom. The van der Waals surface area contributed by atoms with Crippen LogP contribution in [0.1, 0.15) is 5.69 Å². The Morgan fingerprint density at radius 2 is 1.62 bits per heavy atom. The van der Waals surface area contributed by atoms with Crippen LogP contribution in [0.5, 0.6) is 0 Å². The lowest BCUT2D eigenvalue weighted by molar-refractivity contribution is 0.247. The average Bonchev–Trinajstić information content (AvgIpc) is 3.16. The van der Waals surface area contributed by atoms with Crippen molar-refractivity contribution in [3.8, 4) is 0 Å². The molecule has 29 heavy (non-hydrogen) atoms. The highest BCUT2D eigenvalue weighted by atomic mass is 35.5. The molecule has 0 bridgehead atoms. The van der Waals surface area contributed by atoms with E-state index in [0.717, 1.165) is 73.8 Å². The largest absolute Gasteiger partial charge is 0.355 e. The van der Waals surface area contributed by atoms with Gasteiger partial charge in [0.2, 0.25) is 0 Å². The van der Waals surface area contributed by atoms with Crippen LogP contribution >= 0.6 is 23.4 Å². The predicted octanol–water partition coefficient (Wildman–Crippen LogP) is 2.65. The van der Waals surface area contributed by atoms with Crippen LogP contribution in [0.2, 0.25) is 5.02 Å². The average molecular weight is 430 g/mol. The van der Waals surface area contributed by atoms with Gasteiger partial charge in [-0.1, -0.05) is 11.6 Å². The van der Waals surface area contributed by atoms with Crippen LogP contribution in [-0.2, 0) is 6.54 Å². The lowest BCUT2D eigenvalue weighted by Crippen LogP contribution is -2.46. The molecule has 3 aromatic rings. The third-order valence-corrected chi connectivity index (χ3v) is 6.69. The number of hydrogen-bond donors (Lipinski definition) is 0. The molecule has 3 aromatic heterocycles. The number of rotatable bonds is 4. The molecule has 5 rings (SSSR count). The van der Waals surface area contributed by atoms with Crippen LogP contribution in [0, 0.1) is 0 Å². The first-order chi connectivity index (χ1) is 14.2. The van der Waals surface area contributed by atoms with E-state index in [1.54, 1.807) is 6.33 Å². The van der Waals surface area contributed by atoms with Crippen molar-refractivity contribution in [2.24, 2.45) is 0 Å². The molecule has 5 heterocycles. The van der Waals surface area contributed by atoms with Crippen LogP contribution in [0.3, 0.4) is 0 Å². The van der Waals surface area contributed by atoms with Crippen molar-refractivity contribution >= 4 is 40.6 Å². The summed E-state index contributed by atoms with van der Waals surface area (Å²) in [7, 11) is 0. The number of hydrogen-bond acceptors (Lipinski definition) is 7. The number of halogens is 1. The van der Waals surface area contributed by atoms with Gasteiger partial charge in [0.15, 0.2) is 0 Å². The summed E-state index contributed by atoms with van der Waals surface area (Å²) in [4.78, 5) is 20.9. The minimum atomic E-state index is 0.725. The van der Waals surface area contributed by atoms with Gasteiger partial charge in [-0.3, -0.25) is 4.90 Å². The number of piperazine rings is 1. The minimum absolute atomic E-state index is 0.725. The standard InChI is InChI=1S/C20H24ClN7S/c21-16-1-2-18-24-17(14-28(18)12-16)13-25-3-5-26(6-4-25)19-11-20(23-15-22-19)27-7-9-29-10-8-27/h1-2,11-12,14-15H,3-10,13H2. The fourth-order valence-corrected chi connectivity index (χ4v) is 5.00. The molecule has 0 amide bonds. The highest BCUT2D eigenvalue weighted by Crippen LogP contribution is 2.22. The Morgan fingerprint density at radius 3 is 2.38 bits per heavy atom. The first-order valence-electron chi connectivity index (χ1n) is 10.00. The Hall–Kier alpha value is -2.03. The van der Waals surface area contributed by atoms with E-state index in [4.69, 9.17) is 16.6 Å². The van der Waals surface area contributed by atoms with Gasteiger partial charge in [0, 0.05) is 75.8 Å². The Labute approximate surface area is 179 Å². The number of nitrogens with zero attached hydrogens (tertiary/aromatic N) is 7. The summed E-state index contributed by atoms with van der Waals surface area (Å²) in [5.41, 5.74) is 2.01. The zero-order chi connectivity index (χ0) is 19.6. The molecule has 0 radical (unpaired) electrons. The number of pyridine rings is 1. The van der Waals surface area contributed by atoms with Gasteiger partial charge in [0.25, 0.3) is 0 Å². The molecule has 0 aliphatic carbocycles. The molecule has 2 aliphatic heterocycles. The Balaban J connectivity index is 1.21. The Kier molecular flexibility index (Phi) is 5.48. The van der Waals surface area contributed by atoms with Crippen LogP contribution in [0.25, 0.3) is 5.65 Å². The lowest BCUT2D eigenvalue weighted by Gasteiger charge is -2.35. The third kappa shape index (κ3) is 4.29. The van der Waals surface area contributed by atoms with Crippen molar-refractivity contribution in [3.05, 3.63) is 47.6 Å². The van der Waals surface area contributed by atoms with E-state index in [9.17, 15) is 0 Å². The van der Waals surface area contributed by atoms with Gasteiger partial charge in [0.1, 0.15) is 23.6 Å². The van der Waals surface area contributed by atoms with Crippen LogP contribution < -0.4 is 9.80 Å². The zero-order valence-corrected chi connectivity index (χ0v) is 17.8. The normalized spacial score (nSPS) is 18.5. The molecule has 0 unspecified atom stereocenters. The Bertz CT molecular complexity index is 980. The summed E-state index contributed by atoms with van der Waals surface area (Å²) in [6, 6.07) is 5.99. The molecule has 0 atom stereocenters. The van der Waals surface area contributed by atoms with Crippen molar-refractivity contribution in [1.82, 2.24) is 24.3 Å². The van der Waals surface area contributed by atoms with Gasteiger partial charge >= 0.3 is 0 Å². The molecule has 7 nitrogen and oxygen atoms in total.